The summed E-state index contributed by atoms with van der Waals surface area (Å²) in [5.41, 5.74) is 1.97. The van der Waals surface area contributed by atoms with Crippen LogP contribution in [0.15, 0.2) is 24.4 Å². The molecule has 1 aromatic carbocycles. The molecule has 3 rings (SSSR count). The number of fused-ring (bicyclic) bond motifs is 1. The monoisotopic (exact) mass is 339 g/mol. The largest absolute Gasteiger partial charge is 0.493 e. The van der Waals surface area contributed by atoms with Crippen LogP contribution in [0.4, 0.5) is 5.82 Å². The molecule has 0 fully saturated rings. The molecule has 6 heteroatoms. The molecule has 0 bridgehead atoms. The van der Waals surface area contributed by atoms with E-state index in [1.165, 1.54) is 0 Å². The van der Waals surface area contributed by atoms with Gasteiger partial charge in [-0.1, -0.05) is 12.0 Å². The van der Waals surface area contributed by atoms with Crippen molar-refractivity contribution in [3.63, 3.8) is 0 Å². The van der Waals surface area contributed by atoms with Gasteiger partial charge >= 0.3 is 0 Å². The Morgan fingerprint density at radius 3 is 2.92 bits per heavy atom. The van der Waals surface area contributed by atoms with Crippen LogP contribution in [0, 0.1) is 12.3 Å². The van der Waals surface area contributed by atoms with E-state index in [0.29, 0.717) is 17.9 Å². The number of nitrogens with zero attached hydrogens (tertiary/aromatic N) is 2. The molecule has 2 heterocycles. The van der Waals surface area contributed by atoms with Gasteiger partial charge in [-0.15, -0.1) is 6.42 Å². The molecule has 0 saturated heterocycles. The molecular formula is C19H21N3O3. The molecule has 25 heavy (non-hydrogen) atoms. The lowest BCUT2D eigenvalue weighted by Crippen LogP contribution is -2.25. The first kappa shape index (κ1) is 16.9. The smallest absolute Gasteiger partial charge is 0.226 e. The van der Waals surface area contributed by atoms with Gasteiger partial charge in [0.15, 0.2) is 11.5 Å². The van der Waals surface area contributed by atoms with Crippen molar-refractivity contribution in [2.24, 2.45) is 0 Å². The van der Waals surface area contributed by atoms with Gasteiger partial charge in [-0.25, -0.2) is 4.68 Å². The third-order valence-electron chi connectivity index (χ3n) is 4.24. The van der Waals surface area contributed by atoms with E-state index in [4.69, 9.17) is 15.9 Å². The zero-order valence-electron chi connectivity index (χ0n) is 14.6. The number of methoxy groups -OCH3 is 1. The second-order valence-corrected chi connectivity index (χ2v) is 6.19. The van der Waals surface area contributed by atoms with E-state index in [0.717, 1.165) is 16.9 Å². The second kappa shape index (κ2) is 6.89. The lowest BCUT2D eigenvalue weighted by molar-refractivity contribution is -0.116. The Kier molecular flexibility index (Phi) is 4.66. The number of amides is 1. The third kappa shape index (κ3) is 3.18. The van der Waals surface area contributed by atoms with E-state index < -0.39 is 0 Å². The Bertz CT molecular complexity index is 833. The van der Waals surface area contributed by atoms with Gasteiger partial charge in [0.05, 0.1) is 13.3 Å². The number of terminal acetylenes is 1. The molecule has 6 nitrogen and oxygen atoms in total. The van der Waals surface area contributed by atoms with Gasteiger partial charge in [-0.05, 0) is 31.5 Å². The standard InChI is InChI=1S/C19H21N3O3/c1-5-8-25-17-9-13(6-7-16(17)24-4)14-10-18(23)21-19-15(14)11-20-22(19)12(2)3/h1,6-7,9,11-12,14H,8,10H2,2-4H3,(H,21,23). The maximum Gasteiger partial charge on any atom is 0.226 e. The molecule has 1 aliphatic rings. The fourth-order valence-electron chi connectivity index (χ4n) is 3.07. The average Bonchev–Trinajstić information content (AvgIpc) is 3.02. The highest BCUT2D eigenvalue weighted by Gasteiger charge is 2.31. The van der Waals surface area contributed by atoms with E-state index in [1.54, 1.807) is 7.11 Å². The third-order valence-corrected chi connectivity index (χ3v) is 4.24. The Morgan fingerprint density at radius 1 is 1.44 bits per heavy atom. The number of carbonyl (C=O) groups is 1. The highest BCUT2D eigenvalue weighted by atomic mass is 16.5. The average molecular weight is 339 g/mol. The van der Waals surface area contributed by atoms with Gasteiger partial charge in [0.25, 0.3) is 0 Å². The maximum atomic E-state index is 12.2. The molecular weight excluding hydrogens is 318 g/mol. The van der Waals surface area contributed by atoms with Crippen LogP contribution < -0.4 is 14.8 Å². The number of hydrogen-bond donors (Lipinski definition) is 1. The summed E-state index contributed by atoms with van der Waals surface area (Å²) < 4.78 is 12.7. The molecule has 0 aliphatic carbocycles. The molecule has 1 N–H and O–H groups in total. The maximum absolute atomic E-state index is 12.2. The Balaban J connectivity index is 2.03. The lowest BCUT2D eigenvalue weighted by Gasteiger charge is -2.25. The highest BCUT2D eigenvalue weighted by molar-refractivity contribution is 5.94. The molecule has 1 atom stereocenters. The second-order valence-electron chi connectivity index (χ2n) is 6.19. The fraction of sp³-hybridized carbons (Fsp3) is 0.368. The zero-order valence-corrected chi connectivity index (χ0v) is 14.6. The molecule has 0 saturated carbocycles. The quantitative estimate of drug-likeness (QED) is 0.851. The number of anilines is 1. The fourth-order valence-corrected chi connectivity index (χ4v) is 3.07. The van der Waals surface area contributed by atoms with E-state index in [1.807, 2.05) is 42.9 Å². The highest BCUT2D eigenvalue weighted by Crippen LogP contribution is 2.40. The summed E-state index contributed by atoms with van der Waals surface area (Å²) in [5, 5.41) is 7.37. The van der Waals surface area contributed by atoms with Crippen LogP contribution in [0.25, 0.3) is 0 Å². The summed E-state index contributed by atoms with van der Waals surface area (Å²) in [6, 6.07) is 5.82. The molecule has 1 aromatic heterocycles. The molecule has 1 aliphatic heterocycles. The SMILES string of the molecule is C#CCOc1cc(C2CC(=O)Nc3c2cnn3C(C)C)ccc1OC. The minimum absolute atomic E-state index is 0.0261. The zero-order chi connectivity index (χ0) is 18.0. The Morgan fingerprint density at radius 2 is 2.24 bits per heavy atom. The van der Waals surface area contributed by atoms with Crippen LogP contribution in [0.5, 0.6) is 11.5 Å². The van der Waals surface area contributed by atoms with Crippen molar-refractivity contribution < 1.29 is 14.3 Å². The first-order valence-electron chi connectivity index (χ1n) is 8.16. The number of hydrogen-bond acceptors (Lipinski definition) is 4. The summed E-state index contributed by atoms with van der Waals surface area (Å²) in [6.07, 6.45) is 7.47. The summed E-state index contributed by atoms with van der Waals surface area (Å²) in [6.45, 7) is 4.21. The van der Waals surface area contributed by atoms with Crippen molar-refractivity contribution in [2.75, 3.05) is 19.0 Å². The van der Waals surface area contributed by atoms with Crippen molar-refractivity contribution in [1.82, 2.24) is 9.78 Å². The van der Waals surface area contributed by atoms with Crippen molar-refractivity contribution in [2.45, 2.75) is 32.2 Å². The van der Waals surface area contributed by atoms with Crippen LogP contribution in [0.1, 0.15) is 43.4 Å². The number of rotatable bonds is 5. The first-order chi connectivity index (χ1) is 12.0. The summed E-state index contributed by atoms with van der Waals surface area (Å²) in [7, 11) is 1.58. The first-order valence-corrected chi connectivity index (χ1v) is 8.16. The minimum Gasteiger partial charge on any atom is -0.493 e. The van der Waals surface area contributed by atoms with Crippen molar-refractivity contribution in [3.05, 3.63) is 35.5 Å². The summed E-state index contributed by atoms with van der Waals surface area (Å²) >= 11 is 0. The van der Waals surface area contributed by atoms with E-state index in [-0.39, 0.29) is 24.5 Å². The molecule has 130 valence electrons. The van der Waals surface area contributed by atoms with Gasteiger partial charge in [-0.2, -0.15) is 5.10 Å². The number of carbonyl (C=O) groups excluding carboxylic acids is 1. The summed E-state index contributed by atoms with van der Waals surface area (Å²) in [4.78, 5) is 12.2. The van der Waals surface area contributed by atoms with Crippen LogP contribution in [-0.4, -0.2) is 29.4 Å². The number of aromatic nitrogens is 2. The van der Waals surface area contributed by atoms with Gasteiger partial charge in [-0.3, -0.25) is 4.79 Å². The van der Waals surface area contributed by atoms with Gasteiger partial charge in [0, 0.05) is 23.9 Å². The molecule has 0 radical (unpaired) electrons. The van der Waals surface area contributed by atoms with Gasteiger partial charge in [0.2, 0.25) is 5.91 Å². The topological polar surface area (TPSA) is 65.4 Å². The number of benzene rings is 1. The molecule has 1 amide bonds. The number of nitrogens with one attached hydrogen (secondary N) is 1. The van der Waals surface area contributed by atoms with E-state index in [2.05, 4.69) is 16.3 Å². The van der Waals surface area contributed by atoms with E-state index in [9.17, 15) is 4.79 Å². The molecule has 2 aromatic rings. The lowest BCUT2D eigenvalue weighted by atomic mass is 9.87. The molecule has 0 spiro atoms. The predicted octanol–water partition coefficient (Wildman–Crippen LogP) is 2.96. The normalized spacial score (nSPS) is 16.1. The molecule has 1 unspecified atom stereocenters. The van der Waals surface area contributed by atoms with E-state index >= 15 is 0 Å². The minimum atomic E-state index is -0.0876. The predicted molar refractivity (Wildman–Crippen MR) is 95.0 cm³/mol. The van der Waals surface area contributed by atoms with Gasteiger partial charge in [0.1, 0.15) is 12.4 Å². The van der Waals surface area contributed by atoms with Crippen LogP contribution in [0.2, 0.25) is 0 Å². The number of ether oxygens (including phenoxy) is 2. The Hall–Kier alpha value is -2.94. The van der Waals surface area contributed by atoms with Gasteiger partial charge < -0.3 is 14.8 Å². The van der Waals surface area contributed by atoms with Crippen molar-refractivity contribution >= 4 is 11.7 Å². The van der Waals surface area contributed by atoms with Crippen molar-refractivity contribution in [1.29, 1.82) is 0 Å². The summed E-state index contributed by atoms with van der Waals surface area (Å²) in [5.74, 6) is 4.28. The Labute approximate surface area is 147 Å². The van der Waals surface area contributed by atoms with Crippen LogP contribution >= 0.6 is 0 Å². The van der Waals surface area contributed by atoms with Crippen LogP contribution in [-0.2, 0) is 4.79 Å². The van der Waals surface area contributed by atoms with Crippen molar-refractivity contribution in [3.8, 4) is 23.8 Å². The van der Waals surface area contributed by atoms with Crippen LogP contribution in [0.3, 0.4) is 0 Å².